The number of aromatic nitrogens is 2. The number of rotatable bonds is 4. The lowest BCUT2D eigenvalue weighted by Crippen LogP contribution is -2.44. The molecule has 0 aliphatic carbocycles. The van der Waals surface area contributed by atoms with Crippen molar-refractivity contribution in [3.63, 3.8) is 0 Å². The molecule has 1 unspecified atom stereocenters. The average Bonchev–Trinajstić information content (AvgIpc) is 2.87. The van der Waals surface area contributed by atoms with Crippen LogP contribution in [0, 0.1) is 0 Å². The van der Waals surface area contributed by atoms with E-state index in [9.17, 15) is 4.79 Å². The molecule has 1 aliphatic heterocycles. The summed E-state index contributed by atoms with van der Waals surface area (Å²) in [6, 6.07) is -0.187. The van der Waals surface area contributed by atoms with Gasteiger partial charge in [-0.3, -0.25) is 9.69 Å². The molecule has 1 saturated heterocycles. The van der Waals surface area contributed by atoms with Gasteiger partial charge in [0.05, 0.1) is 13.7 Å². The number of methoxy groups -OCH3 is 1. The molecular weight excluding hydrogens is 246 g/mol. The third kappa shape index (κ3) is 3.32. The summed E-state index contributed by atoms with van der Waals surface area (Å²) in [5.41, 5.74) is 0. The highest BCUT2D eigenvalue weighted by molar-refractivity contribution is 5.75. The lowest BCUT2D eigenvalue weighted by Gasteiger charge is -2.32. The highest BCUT2D eigenvalue weighted by Crippen LogP contribution is 2.20. The third-order valence-electron chi connectivity index (χ3n) is 3.43. The van der Waals surface area contributed by atoms with Gasteiger partial charge in [-0.25, -0.2) is 0 Å². The van der Waals surface area contributed by atoms with Gasteiger partial charge in [-0.1, -0.05) is 25.4 Å². The van der Waals surface area contributed by atoms with Crippen molar-refractivity contribution in [3.8, 4) is 0 Å². The lowest BCUT2D eigenvalue weighted by atomic mass is 10.0. The molecule has 0 spiro atoms. The Morgan fingerprint density at radius 1 is 1.53 bits per heavy atom. The van der Waals surface area contributed by atoms with Crippen LogP contribution < -0.4 is 0 Å². The van der Waals surface area contributed by atoms with Gasteiger partial charge in [-0.05, 0) is 19.4 Å². The van der Waals surface area contributed by atoms with Crippen LogP contribution in [0.25, 0.3) is 0 Å². The predicted molar refractivity (Wildman–Crippen MR) is 68.5 cm³/mol. The molecule has 1 aromatic rings. The fourth-order valence-electron chi connectivity index (χ4n) is 2.32. The summed E-state index contributed by atoms with van der Waals surface area (Å²) in [6.07, 6.45) is 2.97. The molecular formula is C13H21N3O3. The minimum absolute atomic E-state index is 0.178. The van der Waals surface area contributed by atoms with E-state index in [-0.39, 0.29) is 17.9 Å². The Labute approximate surface area is 113 Å². The maximum absolute atomic E-state index is 11.8. The molecule has 1 atom stereocenters. The van der Waals surface area contributed by atoms with E-state index in [2.05, 4.69) is 15.0 Å². The summed E-state index contributed by atoms with van der Waals surface area (Å²) < 4.78 is 10.1. The van der Waals surface area contributed by atoms with E-state index in [1.807, 2.05) is 13.8 Å². The van der Waals surface area contributed by atoms with Crippen molar-refractivity contribution in [2.24, 2.45) is 0 Å². The smallest absolute Gasteiger partial charge is 0.323 e. The maximum atomic E-state index is 11.8. The van der Waals surface area contributed by atoms with E-state index in [1.165, 1.54) is 7.11 Å². The van der Waals surface area contributed by atoms with Crippen molar-refractivity contribution in [1.82, 2.24) is 15.0 Å². The van der Waals surface area contributed by atoms with Crippen LogP contribution in [0.15, 0.2) is 4.52 Å². The van der Waals surface area contributed by atoms with Gasteiger partial charge >= 0.3 is 5.97 Å². The molecule has 0 N–H and O–H groups in total. The van der Waals surface area contributed by atoms with Crippen LogP contribution >= 0.6 is 0 Å². The van der Waals surface area contributed by atoms with Crippen molar-refractivity contribution >= 4 is 5.97 Å². The van der Waals surface area contributed by atoms with Crippen LogP contribution in [0.3, 0.4) is 0 Å². The zero-order valence-corrected chi connectivity index (χ0v) is 11.8. The standard InChI is InChI=1S/C13H21N3O3/c1-9(2)12-14-11(19-15-12)8-16-7-5-4-6-10(16)13(17)18-3/h9-10H,4-8H2,1-3H3. The molecule has 0 radical (unpaired) electrons. The predicted octanol–water partition coefficient (Wildman–Crippen LogP) is 1.72. The molecule has 0 amide bonds. The summed E-state index contributed by atoms with van der Waals surface area (Å²) in [4.78, 5) is 18.2. The Morgan fingerprint density at radius 2 is 2.32 bits per heavy atom. The molecule has 1 fully saturated rings. The van der Waals surface area contributed by atoms with Gasteiger partial charge in [0.25, 0.3) is 0 Å². The van der Waals surface area contributed by atoms with Gasteiger partial charge < -0.3 is 9.26 Å². The molecule has 0 saturated carbocycles. The van der Waals surface area contributed by atoms with Crippen LogP contribution in [-0.2, 0) is 16.1 Å². The van der Waals surface area contributed by atoms with Gasteiger partial charge in [-0.2, -0.15) is 4.98 Å². The highest BCUT2D eigenvalue weighted by atomic mass is 16.5. The van der Waals surface area contributed by atoms with Crippen LogP contribution in [0.4, 0.5) is 0 Å². The highest BCUT2D eigenvalue weighted by Gasteiger charge is 2.30. The topological polar surface area (TPSA) is 68.5 Å². The van der Waals surface area contributed by atoms with Crippen LogP contribution in [0.2, 0.25) is 0 Å². The van der Waals surface area contributed by atoms with Gasteiger partial charge in [0.1, 0.15) is 6.04 Å². The second-order valence-corrected chi connectivity index (χ2v) is 5.21. The quantitative estimate of drug-likeness (QED) is 0.774. The van der Waals surface area contributed by atoms with E-state index in [0.29, 0.717) is 18.3 Å². The van der Waals surface area contributed by atoms with Crippen molar-refractivity contribution in [1.29, 1.82) is 0 Å². The Hall–Kier alpha value is -1.43. The van der Waals surface area contributed by atoms with Gasteiger partial charge in [0.2, 0.25) is 5.89 Å². The molecule has 106 valence electrons. The first-order valence-electron chi connectivity index (χ1n) is 6.76. The van der Waals surface area contributed by atoms with Crippen molar-refractivity contribution in [2.45, 2.75) is 51.6 Å². The SMILES string of the molecule is COC(=O)C1CCCCN1Cc1nc(C(C)C)no1. The lowest BCUT2D eigenvalue weighted by molar-refractivity contribution is -0.148. The monoisotopic (exact) mass is 267 g/mol. The largest absolute Gasteiger partial charge is 0.468 e. The second-order valence-electron chi connectivity index (χ2n) is 5.21. The van der Waals surface area contributed by atoms with Crippen LogP contribution in [0.1, 0.15) is 50.7 Å². The van der Waals surface area contributed by atoms with E-state index in [4.69, 9.17) is 9.26 Å². The summed E-state index contributed by atoms with van der Waals surface area (Å²) >= 11 is 0. The molecule has 6 heteroatoms. The summed E-state index contributed by atoms with van der Waals surface area (Å²) in [5.74, 6) is 1.35. The maximum Gasteiger partial charge on any atom is 0.323 e. The number of likely N-dealkylation sites (tertiary alicyclic amines) is 1. The number of hydrogen-bond acceptors (Lipinski definition) is 6. The minimum atomic E-state index is -0.187. The molecule has 1 aromatic heterocycles. The Balaban J connectivity index is 2.04. The molecule has 6 nitrogen and oxygen atoms in total. The number of carbonyl (C=O) groups excluding carboxylic acids is 1. The minimum Gasteiger partial charge on any atom is -0.468 e. The van der Waals surface area contributed by atoms with Crippen LogP contribution in [0.5, 0.6) is 0 Å². The number of esters is 1. The Bertz CT molecular complexity index is 431. The van der Waals surface area contributed by atoms with Crippen molar-refractivity contribution in [3.05, 3.63) is 11.7 Å². The number of piperidine rings is 1. The van der Waals surface area contributed by atoms with E-state index >= 15 is 0 Å². The molecule has 2 heterocycles. The van der Waals surface area contributed by atoms with Crippen molar-refractivity contribution < 1.29 is 14.1 Å². The van der Waals surface area contributed by atoms with Gasteiger partial charge in [-0.15, -0.1) is 0 Å². The zero-order valence-electron chi connectivity index (χ0n) is 11.8. The number of ether oxygens (including phenoxy) is 1. The molecule has 2 rings (SSSR count). The second kappa shape index (κ2) is 6.14. The van der Waals surface area contributed by atoms with Crippen LogP contribution in [-0.4, -0.2) is 40.7 Å². The molecule has 0 bridgehead atoms. The summed E-state index contributed by atoms with van der Waals surface area (Å²) in [5, 5.41) is 3.94. The molecule has 0 aromatic carbocycles. The molecule has 1 aliphatic rings. The van der Waals surface area contributed by atoms with Gasteiger partial charge in [0, 0.05) is 5.92 Å². The first kappa shape index (κ1) is 14.0. The zero-order chi connectivity index (χ0) is 13.8. The first-order valence-corrected chi connectivity index (χ1v) is 6.76. The van der Waals surface area contributed by atoms with Crippen molar-refractivity contribution in [2.75, 3.05) is 13.7 Å². The summed E-state index contributed by atoms with van der Waals surface area (Å²) in [6.45, 7) is 5.41. The fraction of sp³-hybridized carbons (Fsp3) is 0.769. The fourth-order valence-corrected chi connectivity index (χ4v) is 2.32. The normalized spacial score (nSPS) is 20.7. The van der Waals surface area contributed by atoms with E-state index in [0.717, 1.165) is 25.8 Å². The van der Waals surface area contributed by atoms with Gasteiger partial charge in [0.15, 0.2) is 5.82 Å². The number of carbonyl (C=O) groups is 1. The number of hydrogen-bond donors (Lipinski definition) is 0. The molecule has 19 heavy (non-hydrogen) atoms. The number of nitrogens with zero attached hydrogens (tertiary/aromatic N) is 3. The van der Waals surface area contributed by atoms with E-state index < -0.39 is 0 Å². The first-order chi connectivity index (χ1) is 9.11. The van der Waals surface area contributed by atoms with E-state index in [1.54, 1.807) is 0 Å². The summed E-state index contributed by atoms with van der Waals surface area (Å²) in [7, 11) is 1.43. The average molecular weight is 267 g/mol. The Morgan fingerprint density at radius 3 is 2.95 bits per heavy atom. The Kier molecular flexibility index (Phi) is 4.52. The third-order valence-corrected chi connectivity index (χ3v) is 3.43.